The molecule has 1 unspecified atom stereocenters. The van der Waals surface area contributed by atoms with E-state index in [0.717, 1.165) is 0 Å². The normalized spacial score (nSPS) is 16.1. The van der Waals surface area contributed by atoms with Crippen LogP contribution in [0.25, 0.3) is 0 Å². The minimum Gasteiger partial charge on any atom is -0.466 e. The maximum Gasteiger partial charge on any atom is 0.346 e. The van der Waals surface area contributed by atoms with E-state index in [9.17, 15) is 9.59 Å². The first-order valence-electron chi connectivity index (χ1n) is 6.99. The molecule has 0 aromatic rings. The summed E-state index contributed by atoms with van der Waals surface area (Å²) in [5.74, 6) is 1.23. The second-order valence-corrected chi connectivity index (χ2v) is 12.9. The lowest BCUT2D eigenvalue weighted by atomic mass is 10.0. The zero-order valence-corrected chi connectivity index (χ0v) is 17.0. The van der Waals surface area contributed by atoms with Crippen molar-refractivity contribution in [1.29, 1.82) is 0 Å². The number of terminal acetylenes is 1. The highest BCUT2D eigenvalue weighted by Gasteiger charge is 2.45. The molecule has 7 heteroatoms. The average molecular weight is 392 g/mol. The molecule has 0 aliphatic carbocycles. The van der Waals surface area contributed by atoms with Crippen LogP contribution in [0.15, 0.2) is 0 Å². The molecule has 0 fully saturated rings. The van der Waals surface area contributed by atoms with Crippen molar-refractivity contribution >= 4 is 36.1 Å². The Bertz CT molecular complexity index is 465. The van der Waals surface area contributed by atoms with Crippen LogP contribution in [0.4, 0.5) is 0 Å². The summed E-state index contributed by atoms with van der Waals surface area (Å²) >= 11 is 3.15. The molecule has 2 atom stereocenters. The number of amides is 1. The monoisotopic (exact) mass is 391 g/mol. The van der Waals surface area contributed by atoms with E-state index in [1.54, 1.807) is 6.92 Å². The van der Waals surface area contributed by atoms with Crippen LogP contribution in [0.3, 0.4) is 0 Å². The van der Waals surface area contributed by atoms with Gasteiger partial charge in [0.25, 0.3) is 0 Å². The first-order chi connectivity index (χ1) is 9.83. The number of hydrogen-bond acceptors (Lipinski definition) is 4. The molecule has 5 nitrogen and oxygen atoms in total. The fourth-order valence-corrected chi connectivity index (χ4v) is 2.40. The molecule has 1 N–H and O–H groups in total. The van der Waals surface area contributed by atoms with Gasteiger partial charge in [-0.15, -0.1) is 6.42 Å². The highest BCUT2D eigenvalue weighted by atomic mass is 79.9. The van der Waals surface area contributed by atoms with Crippen molar-refractivity contribution in [2.24, 2.45) is 0 Å². The number of esters is 1. The fraction of sp³-hybridized carbons (Fsp3) is 0.733. The maximum atomic E-state index is 12.1. The number of alkyl halides is 1. The fourth-order valence-electron chi connectivity index (χ4n) is 1.27. The molecule has 0 aromatic carbocycles. The molecule has 0 heterocycles. The van der Waals surface area contributed by atoms with Crippen molar-refractivity contribution < 1.29 is 18.8 Å². The van der Waals surface area contributed by atoms with E-state index in [1.807, 2.05) is 13.1 Å². The van der Waals surface area contributed by atoms with Crippen molar-refractivity contribution in [3.05, 3.63) is 0 Å². The van der Waals surface area contributed by atoms with Crippen molar-refractivity contribution in [1.82, 2.24) is 5.32 Å². The molecule has 0 saturated heterocycles. The average Bonchev–Trinajstić information content (AvgIpc) is 2.40. The SMILES string of the molecule is C#C[C@](CO[Si](C)(C)C(C)(C)C)(NC(=O)C(C)Br)C(=O)OC. The summed E-state index contributed by atoms with van der Waals surface area (Å²) in [5, 5.41) is 2.51. The molecule has 0 aliphatic rings. The predicted molar refractivity (Wildman–Crippen MR) is 93.3 cm³/mol. The van der Waals surface area contributed by atoms with Gasteiger partial charge in [-0.25, -0.2) is 4.79 Å². The third-order valence-electron chi connectivity index (χ3n) is 3.93. The lowest BCUT2D eigenvalue weighted by Crippen LogP contribution is -2.60. The summed E-state index contributed by atoms with van der Waals surface area (Å²) in [5.41, 5.74) is -1.62. The van der Waals surface area contributed by atoms with Crippen LogP contribution >= 0.6 is 15.9 Å². The number of halogens is 1. The molecule has 0 aliphatic heterocycles. The Labute approximate surface area is 142 Å². The molecular weight excluding hydrogens is 366 g/mol. The molecule has 0 saturated carbocycles. The highest BCUT2D eigenvalue weighted by molar-refractivity contribution is 9.10. The highest BCUT2D eigenvalue weighted by Crippen LogP contribution is 2.37. The molecular formula is C15H26BrNO4Si. The number of carbonyl (C=O) groups excluding carboxylic acids is 2. The number of hydrogen-bond donors (Lipinski definition) is 1. The van der Waals surface area contributed by atoms with Crippen LogP contribution < -0.4 is 5.32 Å². The number of ether oxygens (including phenoxy) is 1. The third kappa shape index (κ3) is 5.11. The van der Waals surface area contributed by atoms with Gasteiger partial charge in [0.05, 0.1) is 18.5 Å². The van der Waals surface area contributed by atoms with Gasteiger partial charge in [0.1, 0.15) is 0 Å². The van der Waals surface area contributed by atoms with E-state index in [4.69, 9.17) is 15.6 Å². The van der Waals surface area contributed by atoms with E-state index in [1.165, 1.54) is 7.11 Å². The van der Waals surface area contributed by atoms with E-state index in [0.29, 0.717) is 0 Å². The molecule has 1 amide bonds. The largest absolute Gasteiger partial charge is 0.466 e. The van der Waals surface area contributed by atoms with Gasteiger partial charge in [0.15, 0.2) is 8.32 Å². The second kappa shape index (κ2) is 7.62. The van der Waals surface area contributed by atoms with Gasteiger partial charge < -0.3 is 14.5 Å². The first-order valence-corrected chi connectivity index (χ1v) is 10.8. The van der Waals surface area contributed by atoms with Crippen LogP contribution in [-0.2, 0) is 18.8 Å². The predicted octanol–water partition coefficient (Wildman–Crippen LogP) is 2.45. The van der Waals surface area contributed by atoms with Crippen molar-refractivity contribution in [2.45, 2.75) is 56.2 Å². The Balaban J connectivity index is 5.41. The number of carbonyl (C=O) groups is 2. The quantitative estimate of drug-likeness (QED) is 0.326. The Morgan fingerprint density at radius 1 is 1.36 bits per heavy atom. The summed E-state index contributed by atoms with van der Waals surface area (Å²) in [6, 6.07) is 0. The van der Waals surface area contributed by atoms with Gasteiger partial charge in [0.2, 0.25) is 11.4 Å². The Kier molecular flexibility index (Phi) is 7.33. The van der Waals surface area contributed by atoms with Gasteiger partial charge in [-0.1, -0.05) is 42.6 Å². The van der Waals surface area contributed by atoms with Gasteiger partial charge in [-0.2, -0.15) is 0 Å². The van der Waals surface area contributed by atoms with E-state index < -0.39 is 30.6 Å². The summed E-state index contributed by atoms with van der Waals surface area (Å²) in [7, 11) is -0.907. The van der Waals surface area contributed by atoms with Gasteiger partial charge in [0, 0.05) is 0 Å². The smallest absolute Gasteiger partial charge is 0.346 e. The van der Waals surface area contributed by atoms with E-state index >= 15 is 0 Å². The van der Waals surface area contributed by atoms with E-state index in [2.05, 4.69) is 47.9 Å². The summed E-state index contributed by atoms with van der Waals surface area (Å²) in [6.45, 7) is 11.8. The van der Waals surface area contributed by atoms with Gasteiger partial charge in [-0.05, 0) is 25.1 Å². The molecule has 0 aromatic heterocycles. The first kappa shape index (κ1) is 21.2. The minimum absolute atomic E-state index is 0.0455. The number of methoxy groups -OCH3 is 1. The molecule has 0 bridgehead atoms. The van der Waals surface area contributed by atoms with Crippen LogP contribution in [0, 0.1) is 12.3 Å². The maximum absolute atomic E-state index is 12.1. The Morgan fingerprint density at radius 3 is 2.18 bits per heavy atom. The molecule has 0 rings (SSSR count). The minimum atomic E-state index is -2.13. The van der Waals surface area contributed by atoms with Crippen molar-refractivity contribution in [2.75, 3.05) is 13.7 Å². The number of nitrogens with one attached hydrogen (secondary N) is 1. The third-order valence-corrected chi connectivity index (χ3v) is 8.83. The van der Waals surface area contributed by atoms with Crippen LogP contribution in [-0.4, -0.2) is 44.3 Å². The standard InChI is InChI=1S/C15H26BrNO4Si/c1-9-15(13(19)20-6,17-12(18)11(2)16)10-21-22(7,8)14(3,4)5/h1,11H,10H2,2-8H3,(H,17,18)/t11?,15-/m1/s1. The van der Waals surface area contributed by atoms with Crippen LogP contribution in [0.2, 0.25) is 18.1 Å². The summed E-state index contributed by atoms with van der Waals surface area (Å²) < 4.78 is 10.8. The topological polar surface area (TPSA) is 64.6 Å². The van der Waals surface area contributed by atoms with Crippen LogP contribution in [0.5, 0.6) is 0 Å². The Morgan fingerprint density at radius 2 is 1.86 bits per heavy atom. The summed E-state index contributed by atoms with van der Waals surface area (Å²) in [6.07, 6.45) is 5.53. The number of rotatable bonds is 6. The zero-order valence-electron chi connectivity index (χ0n) is 14.4. The summed E-state index contributed by atoms with van der Waals surface area (Å²) in [4.78, 5) is 23.6. The van der Waals surface area contributed by atoms with Crippen molar-refractivity contribution in [3.63, 3.8) is 0 Å². The zero-order chi connectivity index (χ0) is 17.8. The Hall–Kier alpha value is -0.843. The van der Waals surface area contributed by atoms with Gasteiger partial charge in [-0.3, -0.25) is 4.79 Å². The van der Waals surface area contributed by atoms with Gasteiger partial charge >= 0.3 is 5.97 Å². The molecule has 0 radical (unpaired) electrons. The lowest BCUT2D eigenvalue weighted by molar-refractivity contribution is -0.149. The molecule has 22 heavy (non-hydrogen) atoms. The molecule has 126 valence electrons. The van der Waals surface area contributed by atoms with Crippen molar-refractivity contribution in [3.8, 4) is 12.3 Å². The lowest BCUT2D eigenvalue weighted by Gasteiger charge is -2.38. The molecule has 0 spiro atoms. The van der Waals surface area contributed by atoms with Crippen LogP contribution in [0.1, 0.15) is 27.7 Å². The van der Waals surface area contributed by atoms with E-state index in [-0.39, 0.29) is 11.6 Å². The second-order valence-electron chi connectivity index (χ2n) is 6.70.